The minimum atomic E-state index is -0.536. The topological polar surface area (TPSA) is 59.8 Å². The first kappa shape index (κ1) is 17.5. The van der Waals surface area contributed by atoms with E-state index in [4.69, 9.17) is 20.8 Å². The lowest BCUT2D eigenvalue weighted by molar-refractivity contribution is 0.0486. The lowest BCUT2D eigenvalue weighted by atomic mass is 9.98. The molecule has 1 saturated heterocycles. The zero-order valence-corrected chi connectivity index (χ0v) is 15.8. The van der Waals surface area contributed by atoms with Crippen LogP contribution in [-0.2, 0) is 4.74 Å². The minimum Gasteiger partial charge on any atom is -0.450 e. The van der Waals surface area contributed by atoms with Crippen LogP contribution in [0.15, 0.2) is 57.7 Å². The van der Waals surface area contributed by atoms with Crippen LogP contribution in [0.5, 0.6) is 0 Å². The smallest absolute Gasteiger partial charge is 0.291 e. The van der Waals surface area contributed by atoms with Crippen LogP contribution in [0.2, 0.25) is 5.02 Å². The van der Waals surface area contributed by atoms with Crippen molar-refractivity contribution in [3.63, 3.8) is 0 Å². The summed E-state index contributed by atoms with van der Waals surface area (Å²) in [7, 11) is 0. The molecule has 142 valence electrons. The van der Waals surface area contributed by atoms with Gasteiger partial charge < -0.3 is 14.1 Å². The zero-order valence-electron chi connectivity index (χ0n) is 15.1. The SMILES string of the molecule is O=C1c2oc3ccccc3c(=O)c2[C@H](c2cccc(Cl)c2)N1C[C@H]1CCCO1. The monoisotopic (exact) mass is 395 g/mol. The zero-order chi connectivity index (χ0) is 19.3. The summed E-state index contributed by atoms with van der Waals surface area (Å²) < 4.78 is 11.7. The predicted molar refractivity (Wildman–Crippen MR) is 106 cm³/mol. The number of amides is 1. The van der Waals surface area contributed by atoms with Gasteiger partial charge in [0.2, 0.25) is 5.76 Å². The summed E-state index contributed by atoms with van der Waals surface area (Å²) >= 11 is 6.21. The molecule has 0 radical (unpaired) electrons. The highest BCUT2D eigenvalue weighted by Crippen LogP contribution is 2.39. The second kappa shape index (κ2) is 6.76. The Morgan fingerprint density at radius 1 is 1.11 bits per heavy atom. The highest BCUT2D eigenvalue weighted by Gasteiger charge is 2.43. The van der Waals surface area contributed by atoms with Crippen LogP contribution in [0, 0.1) is 0 Å². The molecule has 0 N–H and O–H groups in total. The first-order chi connectivity index (χ1) is 13.6. The van der Waals surface area contributed by atoms with Gasteiger partial charge in [-0.25, -0.2) is 0 Å². The Morgan fingerprint density at radius 3 is 2.75 bits per heavy atom. The molecule has 0 spiro atoms. The summed E-state index contributed by atoms with van der Waals surface area (Å²) in [6.07, 6.45) is 1.83. The number of carbonyl (C=O) groups is 1. The van der Waals surface area contributed by atoms with E-state index in [1.807, 2.05) is 12.1 Å². The second-order valence-corrected chi connectivity index (χ2v) is 7.66. The van der Waals surface area contributed by atoms with Crippen molar-refractivity contribution in [3.8, 4) is 0 Å². The third kappa shape index (κ3) is 2.74. The van der Waals surface area contributed by atoms with E-state index in [0.29, 0.717) is 34.7 Å². The maximum atomic E-state index is 13.3. The molecule has 1 amide bonds. The number of carbonyl (C=O) groups excluding carboxylic acids is 1. The number of nitrogens with zero attached hydrogens (tertiary/aromatic N) is 1. The molecule has 2 aliphatic rings. The van der Waals surface area contributed by atoms with Crippen molar-refractivity contribution < 1.29 is 13.9 Å². The van der Waals surface area contributed by atoms with E-state index in [1.165, 1.54) is 0 Å². The Morgan fingerprint density at radius 2 is 1.96 bits per heavy atom. The third-order valence-corrected chi connectivity index (χ3v) is 5.70. The molecule has 0 aliphatic carbocycles. The number of halogens is 1. The Bertz CT molecular complexity index is 1130. The standard InChI is InChI=1S/C22H18ClNO4/c23-14-6-3-5-13(11-14)19-18-20(25)16-8-1-2-9-17(16)28-21(18)22(26)24(19)12-15-7-4-10-27-15/h1-3,5-6,8-9,11,15,19H,4,7,10,12H2/t15-,19+/m1/s1. The van der Waals surface area contributed by atoms with Crippen LogP contribution in [0.3, 0.4) is 0 Å². The fraction of sp³-hybridized carbons (Fsp3) is 0.273. The predicted octanol–water partition coefficient (Wildman–Crippen LogP) is 4.17. The van der Waals surface area contributed by atoms with Gasteiger partial charge in [0, 0.05) is 18.2 Å². The average Bonchev–Trinajstić information content (AvgIpc) is 3.30. The van der Waals surface area contributed by atoms with E-state index in [-0.39, 0.29) is 23.2 Å². The fourth-order valence-corrected chi connectivity index (χ4v) is 4.39. The van der Waals surface area contributed by atoms with Gasteiger partial charge in [-0.1, -0.05) is 35.9 Å². The van der Waals surface area contributed by atoms with Gasteiger partial charge in [0.1, 0.15) is 5.58 Å². The molecule has 3 aromatic rings. The first-order valence-electron chi connectivity index (χ1n) is 9.37. The summed E-state index contributed by atoms with van der Waals surface area (Å²) in [6, 6.07) is 13.8. The molecule has 2 aromatic carbocycles. The van der Waals surface area contributed by atoms with Gasteiger partial charge in [-0.3, -0.25) is 9.59 Å². The molecule has 5 rings (SSSR count). The van der Waals surface area contributed by atoms with Crippen molar-refractivity contribution in [2.24, 2.45) is 0 Å². The Kier molecular flexibility index (Phi) is 4.22. The summed E-state index contributed by atoms with van der Waals surface area (Å²) in [6.45, 7) is 1.11. The molecule has 5 nitrogen and oxygen atoms in total. The number of rotatable bonds is 3. The molecule has 2 aliphatic heterocycles. The van der Waals surface area contributed by atoms with Crippen molar-refractivity contribution in [2.75, 3.05) is 13.2 Å². The van der Waals surface area contributed by atoms with Crippen LogP contribution >= 0.6 is 11.6 Å². The van der Waals surface area contributed by atoms with Crippen molar-refractivity contribution in [2.45, 2.75) is 25.0 Å². The van der Waals surface area contributed by atoms with Crippen LogP contribution in [0.1, 0.15) is 40.6 Å². The summed E-state index contributed by atoms with van der Waals surface area (Å²) in [5, 5.41) is 1.03. The van der Waals surface area contributed by atoms with Gasteiger partial charge in [-0.15, -0.1) is 0 Å². The quantitative estimate of drug-likeness (QED) is 0.667. The van der Waals surface area contributed by atoms with Crippen LogP contribution in [0.25, 0.3) is 11.0 Å². The number of para-hydroxylation sites is 1. The average molecular weight is 396 g/mol. The largest absolute Gasteiger partial charge is 0.450 e. The Balaban J connectivity index is 1.71. The third-order valence-electron chi connectivity index (χ3n) is 5.46. The molecule has 1 fully saturated rings. The maximum absolute atomic E-state index is 13.3. The van der Waals surface area contributed by atoms with Crippen LogP contribution in [-0.4, -0.2) is 30.1 Å². The van der Waals surface area contributed by atoms with Gasteiger partial charge in [-0.2, -0.15) is 0 Å². The Labute approximate surface area is 166 Å². The lowest BCUT2D eigenvalue weighted by Crippen LogP contribution is -2.36. The van der Waals surface area contributed by atoms with Gasteiger partial charge in [0.25, 0.3) is 5.91 Å². The molecule has 0 bridgehead atoms. The first-order valence-corrected chi connectivity index (χ1v) is 9.75. The molecule has 0 unspecified atom stereocenters. The number of benzene rings is 2. The number of fused-ring (bicyclic) bond motifs is 2. The highest BCUT2D eigenvalue weighted by molar-refractivity contribution is 6.30. The van der Waals surface area contributed by atoms with E-state index >= 15 is 0 Å². The maximum Gasteiger partial charge on any atom is 0.291 e. The number of hydrogen-bond acceptors (Lipinski definition) is 4. The van der Waals surface area contributed by atoms with Crippen LogP contribution < -0.4 is 5.43 Å². The van der Waals surface area contributed by atoms with Crippen molar-refractivity contribution >= 4 is 28.5 Å². The van der Waals surface area contributed by atoms with E-state index in [9.17, 15) is 9.59 Å². The Hall–Kier alpha value is -2.63. The van der Waals surface area contributed by atoms with E-state index in [2.05, 4.69) is 0 Å². The molecular weight excluding hydrogens is 378 g/mol. The molecule has 6 heteroatoms. The summed E-state index contributed by atoms with van der Waals surface area (Å²) in [5.74, 6) is -0.162. The lowest BCUT2D eigenvalue weighted by Gasteiger charge is -2.27. The summed E-state index contributed by atoms with van der Waals surface area (Å²) in [5.41, 5.74) is 1.41. The molecule has 3 heterocycles. The molecular formula is C22H18ClNO4. The van der Waals surface area contributed by atoms with Crippen molar-refractivity contribution in [1.29, 1.82) is 0 Å². The molecule has 28 heavy (non-hydrogen) atoms. The van der Waals surface area contributed by atoms with E-state index in [0.717, 1.165) is 18.4 Å². The normalized spacial score (nSPS) is 21.5. The number of hydrogen-bond donors (Lipinski definition) is 0. The van der Waals surface area contributed by atoms with Crippen LogP contribution in [0.4, 0.5) is 0 Å². The van der Waals surface area contributed by atoms with Gasteiger partial charge in [0.05, 0.1) is 23.1 Å². The van der Waals surface area contributed by atoms with E-state index in [1.54, 1.807) is 41.3 Å². The number of ether oxygens (including phenoxy) is 1. The van der Waals surface area contributed by atoms with Gasteiger partial charge in [0.15, 0.2) is 5.43 Å². The second-order valence-electron chi connectivity index (χ2n) is 7.22. The van der Waals surface area contributed by atoms with Gasteiger partial charge >= 0.3 is 0 Å². The van der Waals surface area contributed by atoms with Gasteiger partial charge in [-0.05, 0) is 42.7 Å². The van der Waals surface area contributed by atoms with Crippen molar-refractivity contribution in [3.05, 3.63) is 80.7 Å². The van der Waals surface area contributed by atoms with Crippen molar-refractivity contribution in [1.82, 2.24) is 4.90 Å². The molecule has 1 aromatic heterocycles. The fourth-order valence-electron chi connectivity index (χ4n) is 4.19. The minimum absolute atomic E-state index is 0.0375. The molecule has 0 saturated carbocycles. The van der Waals surface area contributed by atoms with E-state index < -0.39 is 6.04 Å². The summed E-state index contributed by atoms with van der Waals surface area (Å²) in [4.78, 5) is 28.3. The molecule has 2 atom stereocenters. The highest BCUT2D eigenvalue weighted by atomic mass is 35.5.